The lowest BCUT2D eigenvalue weighted by Gasteiger charge is -2.13. The van der Waals surface area contributed by atoms with Crippen molar-refractivity contribution in [1.82, 2.24) is 4.72 Å². The van der Waals surface area contributed by atoms with Crippen LogP contribution in [0.4, 0.5) is 0 Å². The molecule has 1 N–H and O–H groups in total. The quantitative estimate of drug-likeness (QED) is 0.814. The topological polar surface area (TPSA) is 64.6 Å². The van der Waals surface area contributed by atoms with Crippen molar-refractivity contribution in [1.29, 1.82) is 0 Å². The summed E-state index contributed by atoms with van der Waals surface area (Å²) >= 11 is 6.00. The molecule has 5 nitrogen and oxygen atoms in total. The van der Waals surface area contributed by atoms with E-state index < -0.39 is 10.0 Å². The molecule has 0 atom stereocenters. The summed E-state index contributed by atoms with van der Waals surface area (Å²) in [4.78, 5) is 0.149. The van der Waals surface area contributed by atoms with Gasteiger partial charge in [-0.1, -0.05) is 29.8 Å². The van der Waals surface area contributed by atoms with E-state index in [1.807, 2.05) is 19.1 Å². The Balaban J connectivity index is 2.10. The fraction of sp³-hybridized carbons (Fsp3) is 0.294. The molecule has 0 fully saturated rings. The fourth-order valence-electron chi connectivity index (χ4n) is 2.29. The van der Waals surface area contributed by atoms with E-state index in [0.717, 1.165) is 11.1 Å². The van der Waals surface area contributed by atoms with Gasteiger partial charge in [0.1, 0.15) is 0 Å². The maximum Gasteiger partial charge on any atom is 0.240 e. The standard InChI is InChI=1S/C17H20ClNO4S/c1-12-7-8-14(11-15(12)18)24(20,21)19-10-9-13-5-4-6-16(22-2)17(13)23-3/h4-8,11,19H,9-10H2,1-3H3. The van der Waals surface area contributed by atoms with Gasteiger partial charge in [-0.3, -0.25) is 0 Å². The van der Waals surface area contributed by atoms with Gasteiger partial charge in [0.25, 0.3) is 0 Å². The number of rotatable bonds is 7. The molecule has 2 aromatic carbocycles. The second kappa shape index (κ2) is 7.88. The van der Waals surface area contributed by atoms with Crippen LogP contribution in [0.25, 0.3) is 0 Å². The molecular formula is C17H20ClNO4S. The molecule has 0 unspecified atom stereocenters. The first-order valence-corrected chi connectivity index (χ1v) is 9.21. The lowest BCUT2D eigenvalue weighted by atomic mass is 10.1. The van der Waals surface area contributed by atoms with Crippen LogP contribution in [0.15, 0.2) is 41.3 Å². The van der Waals surface area contributed by atoms with E-state index in [4.69, 9.17) is 21.1 Å². The smallest absolute Gasteiger partial charge is 0.240 e. The summed E-state index contributed by atoms with van der Waals surface area (Å²) in [7, 11) is -0.495. The van der Waals surface area contributed by atoms with E-state index in [-0.39, 0.29) is 11.4 Å². The van der Waals surface area contributed by atoms with E-state index in [1.165, 1.54) is 12.1 Å². The van der Waals surface area contributed by atoms with Crippen molar-refractivity contribution >= 4 is 21.6 Å². The van der Waals surface area contributed by atoms with Crippen molar-refractivity contribution in [3.05, 3.63) is 52.5 Å². The summed E-state index contributed by atoms with van der Waals surface area (Å²) in [5.74, 6) is 1.22. The number of ether oxygens (including phenoxy) is 2. The summed E-state index contributed by atoms with van der Waals surface area (Å²) in [5, 5.41) is 0.423. The Hall–Kier alpha value is -1.76. The molecule has 0 radical (unpaired) electrons. The van der Waals surface area contributed by atoms with Crippen molar-refractivity contribution in [2.24, 2.45) is 0 Å². The minimum absolute atomic E-state index is 0.149. The molecular weight excluding hydrogens is 350 g/mol. The number of para-hydroxylation sites is 1. The van der Waals surface area contributed by atoms with Gasteiger partial charge in [-0.15, -0.1) is 0 Å². The highest BCUT2D eigenvalue weighted by Crippen LogP contribution is 2.30. The van der Waals surface area contributed by atoms with Gasteiger partial charge in [0.15, 0.2) is 11.5 Å². The van der Waals surface area contributed by atoms with E-state index in [0.29, 0.717) is 22.9 Å². The predicted molar refractivity (Wildman–Crippen MR) is 94.6 cm³/mol. The molecule has 0 aliphatic heterocycles. The Labute approximate surface area is 147 Å². The number of sulfonamides is 1. The molecule has 0 amide bonds. The summed E-state index contributed by atoms with van der Waals surface area (Å²) < 4.78 is 37.8. The molecule has 2 rings (SSSR count). The lowest BCUT2D eigenvalue weighted by Crippen LogP contribution is -2.26. The largest absolute Gasteiger partial charge is 0.493 e. The van der Waals surface area contributed by atoms with Crippen molar-refractivity contribution in [2.45, 2.75) is 18.2 Å². The van der Waals surface area contributed by atoms with Gasteiger partial charge in [0, 0.05) is 11.6 Å². The zero-order valence-corrected chi connectivity index (χ0v) is 15.4. The van der Waals surface area contributed by atoms with Crippen LogP contribution in [0.5, 0.6) is 11.5 Å². The maximum atomic E-state index is 12.3. The molecule has 130 valence electrons. The van der Waals surface area contributed by atoms with E-state index >= 15 is 0 Å². The number of hydrogen-bond donors (Lipinski definition) is 1. The van der Waals surface area contributed by atoms with Gasteiger partial charge >= 0.3 is 0 Å². The van der Waals surface area contributed by atoms with Crippen molar-refractivity contribution in [3.63, 3.8) is 0 Å². The third kappa shape index (κ3) is 4.20. The number of nitrogens with one attached hydrogen (secondary N) is 1. The zero-order valence-electron chi connectivity index (χ0n) is 13.8. The normalized spacial score (nSPS) is 11.3. The van der Waals surface area contributed by atoms with Gasteiger partial charge in [-0.05, 0) is 42.7 Å². The second-order valence-corrected chi connectivity index (χ2v) is 7.39. The van der Waals surface area contributed by atoms with Crippen molar-refractivity contribution < 1.29 is 17.9 Å². The van der Waals surface area contributed by atoms with Gasteiger partial charge in [-0.2, -0.15) is 0 Å². The first kappa shape index (κ1) is 18.6. The van der Waals surface area contributed by atoms with Crippen LogP contribution in [-0.4, -0.2) is 29.2 Å². The molecule has 0 aromatic heterocycles. The molecule has 0 bridgehead atoms. The highest BCUT2D eigenvalue weighted by molar-refractivity contribution is 7.89. The van der Waals surface area contributed by atoms with E-state index in [1.54, 1.807) is 26.4 Å². The number of aryl methyl sites for hydroxylation is 1. The Morgan fingerprint density at radius 2 is 1.88 bits per heavy atom. The van der Waals surface area contributed by atoms with E-state index in [9.17, 15) is 8.42 Å². The minimum Gasteiger partial charge on any atom is -0.493 e. The number of halogens is 1. The van der Waals surface area contributed by atoms with Crippen LogP contribution < -0.4 is 14.2 Å². The highest BCUT2D eigenvalue weighted by Gasteiger charge is 2.16. The van der Waals surface area contributed by atoms with Gasteiger partial charge in [0.2, 0.25) is 10.0 Å². The molecule has 2 aromatic rings. The molecule has 7 heteroatoms. The molecule has 0 aliphatic carbocycles. The van der Waals surface area contributed by atoms with Crippen LogP contribution in [0.3, 0.4) is 0 Å². The molecule has 0 saturated carbocycles. The third-order valence-electron chi connectivity index (χ3n) is 3.62. The summed E-state index contributed by atoms with van der Waals surface area (Å²) in [6.07, 6.45) is 0.471. The molecule has 24 heavy (non-hydrogen) atoms. The first-order valence-electron chi connectivity index (χ1n) is 7.34. The molecule has 0 heterocycles. The third-order valence-corrected chi connectivity index (χ3v) is 5.49. The van der Waals surface area contributed by atoms with Gasteiger partial charge in [-0.25, -0.2) is 13.1 Å². The Morgan fingerprint density at radius 1 is 1.12 bits per heavy atom. The van der Waals surface area contributed by atoms with Crippen LogP contribution >= 0.6 is 11.6 Å². The monoisotopic (exact) mass is 369 g/mol. The highest BCUT2D eigenvalue weighted by atomic mass is 35.5. The molecule has 0 spiro atoms. The SMILES string of the molecule is COc1cccc(CCNS(=O)(=O)c2ccc(C)c(Cl)c2)c1OC. The average Bonchev–Trinajstić information content (AvgIpc) is 2.56. The van der Waals surface area contributed by atoms with Crippen LogP contribution in [0, 0.1) is 6.92 Å². The minimum atomic E-state index is -3.61. The average molecular weight is 370 g/mol. The van der Waals surface area contributed by atoms with Crippen LogP contribution in [0.2, 0.25) is 5.02 Å². The maximum absolute atomic E-state index is 12.3. The molecule has 0 aliphatic rings. The number of hydrogen-bond acceptors (Lipinski definition) is 4. The van der Waals surface area contributed by atoms with Crippen LogP contribution in [-0.2, 0) is 16.4 Å². The first-order chi connectivity index (χ1) is 11.4. The number of methoxy groups -OCH3 is 2. The second-order valence-electron chi connectivity index (χ2n) is 5.21. The zero-order chi connectivity index (χ0) is 17.7. The van der Waals surface area contributed by atoms with E-state index in [2.05, 4.69) is 4.72 Å². The lowest BCUT2D eigenvalue weighted by molar-refractivity contribution is 0.351. The van der Waals surface area contributed by atoms with Crippen molar-refractivity contribution in [3.8, 4) is 11.5 Å². The van der Waals surface area contributed by atoms with Gasteiger partial charge < -0.3 is 9.47 Å². The summed E-state index contributed by atoms with van der Waals surface area (Å²) in [6.45, 7) is 2.05. The summed E-state index contributed by atoms with van der Waals surface area (Å²) in [5.41, 5.74) is 1.69. The predicted octanol–water partition coefficient (Wildman–Crippen LogP) is 3.19. The number of benzene rings is 2. The Bertz CT molecular complexity index is 821. The van der Waals surface area contributed by atoms with Gasteiger partial charge in [0.05, 0.1) is 19.1 Å². The van der Waals surface area contributed by atoms with Crippen LogP contribution in [0.1, 0.15) is 11.1 Å². The summed E-state index contributed by atoms with van der Waals surface area (Å²) in [6, 6.07) is 10.2. The van der Waals surface area contributed by atoms with Crippen molar-refractivity contribution in [2.75, 3.05) is 20.8 Å². The Kier molecular flexibility index (Phi) is 6.10. The fourth-order valence-corrected chi connectivity index (χ4v) is 3.60. The Morgan fingerprint density at radius 3 is 2.50 bits per heavy atom. The molecule has 0 saturated heterocycles.